The highest BCUT2D eigenvalue weighted by atomic mass is 35.5. The summed E-state index contributed by atoms with van der Waals surface area (Å²) in [6, 6.07) is 14.7. The lowest BCUT2D eigenvalue weighted by molar-refractivity contribution is -0.160. The molecule has 1 spiro atoms. The summed E-state index contributed by atoms with van der Waals surface area (Å²) < 4.78 is 12.4. The Bertz CT molecular complexity index is 1380. The summed E-state index contributed by atoms with van der Waals surface area (Å²) in [7, 11) is 0. The maximum atomic E-state index is 14.8. The number of likely N-dealkylation sites (tertiary alicyclic amines) is 1. The zero-order valence-electron chi connectivity index (χ0n) is 24.5. The van der Waals surface area contributed by atoms with Crippen molar-refractivity contribution in [3.05, 3.63) is 90.5 Å². The second-order valence-electron chi connectivity index (χ2n) is 11.8. The number of rotatable bonds is 13. The van der Waals surface area contributed by atoms with Crippen LogP contribution in [0.4, 0.5) is 5.69 Å². The number of amides is 2. The van der Waals surface area contributed by atoms with Gasteiger partial charge in [0.1, 0.15) is 17.6 Å². The molecule has 0 saturated carbocycles. The van der Waals surface area contributed by atoms with E-state index in [9.17, 15) is 19.5 Å². The first-order valence-electron chi connectivity index (χ1n) is 14.8. The van der Waals surface area contributed by atoms with Crippen molar-refractivity contribution in [2.75, 3.05) is 24.7 Å². The van der Waals surface area contributed by atoms with E-state index in [-0.39, 0.29) is 25.7 Å². The van der Waals surface area contributed by atoms with Crippen molar-refractivity contribution in [2.24, 2.45) is 11.8 Å². The van der Waals surface area contributed by atoms with Crippen LogP contribution in [0, 0.1) is 11.8 Å². The van der Waals surface area contributed by atoms with Crippen LogP contribution in [-0.4, -0.2) is 70.8 Å². The molecule has 1 N–H and O–H groups in total. The highest BCUT2D eigenvalue weighted by molar-refractivity contribution is 6.34. The summed E-state index contributed by atoms with van der Waals surface area (Å²) in [4.78, 5) is 46.0. The Kier molecular flexibility index (Phi) is 9.11. The molecule has 6 atom stereocenters. The highest BCUT2D eigenvalue weighted by Gasteiger charge is 2.79. The van der Waals surface area contributed by atoms with Gasteiger partial charge >= 0.3 is 5.97 Å². The van der Waals surface area contributed by atoms with Gasteiger partial charge in [0.05, 0.1) is 41.5 Å². The number of hydrogen-bond acceptors (Lipinski definition) is 6. The smallest absolute Gasteiger partial charge is 0.312 e. The van der Waals surface area contributed by atoms with E-state index in [4.69, 9.17) is 21.1 Å². The number of unbranched alkanes of at least 4 members (excludes halogenated alkanes) is 1. The Labute approximate surface area is 257 Å². The Balaban J connectivity index is 1.59. The molecule has 0 aromatic heterocycles. The number of aliphatic hydroxyl groups is 1. The molecule has 2 aromatic carbocycles. The molecule has 2 bridgehead atoms. The predicted octanol–water partition coefficient (Wildman–Crippen LogP) is 4.74. The molecule has 43 heavy (non-hydrogen) atoms. The molecule has 2 aromatic rings. The molecule has 9 heteroatoms. The van der Waals surface area contributed by atoms with Crippen LogP contribution in [0.1, 0.15) is 38.2 Å². The van der Waals surface area contributed by atoms with E-state index in [1.54, 1.807) is 36.4 Å². The summed E-state index contributed by atoms with van der Waals surface area (Å²) in [5, 5.41) is 11.1. The van der Waals surface area contributed by atoms with Gasteiger partial charge in [-0.05, 0) is 56.7 Å². The van der Waals surface area contributed by atoms with Gasteiger partial charge in [0.2, 0.25) is 5.91 Å². The van der Waals surface area contributed by atoms with Gasteiger partial charge in [-0.3, -0.25) is 14.4 Å². The quantitative estimate of drug-likeness (QED) is 0.201. The van der Waals surface area contributed by atoms with E-state index in [1.165, 1.54) is 9.80 Å². The molecule has 8 nitrogen and oxygen atoms in total. The topological polar surface area (TPSA) is 96.4 Å². The third-order valence-electron chi connectivity index (χ3n) is 9.14. The minimum absolute atomic E-state index is 0.135. The number of anilines is 1. The molecule has 0 radical (unpaired) electrons. The lowest BCUT2D eigenvalue weighted by atomic mass is 9.66. The molecular weight excluding hydrogens is 568 g/mol. The minimum Gasteiger partial charge on any atom is -0.465 e. The van der Waals surface area contributed by atoms with Crippen LogP contribution in [0.25, 0.3) is 0 Å². The van der Waals surface area contributed by atoms with Gasteiger partial charge in [-0.1, -0.05) is 66.2 Å². The number of ether oxygens (including phenoxy) is 2. The van der Waals surface area contributed by atoms with Crippen molar-refractivity contribution < 1.29 is 29.0 Å². The number of para-hydroxylation sites is 1. The molecule has 228 valence electrons. The Morgan fingerprint density at radius 1 is 1.16 bits per heavy atom. The number of nitrogens with zero attached hydrogens (tertiary/aromatic N) is 2. The third-order valence-corrected chi connectivity index (χ3v) is 9.46. The second kappa shape index (κ2) is 12.6. The van der Waals surface area contributed by atoms with Crippen LogP contribution in [0.3, 0.4) is 0 Å². The molecule has 3 heterocycles. The summed E-state index contributed by atoms with van der Waals surface area (Å²) in [6.07, 6.45) is 5.88. The van der Waals surface area contributed by atoms with Crippen molar-refractivity contribution in [1.29, 1.82) is 0 Å². The summed E-state index contributed by atoms with van der Waals surface area (Å²) in [6.45, 7) is 9.35. The molecule has 5 rings (SSSR count). The fourth-order valence-corrected chi connectivity index (χ4v) is 7.51. The SMILES string of the molecule is C=CCCCOC(=O)[C@@H]1[C@H]2C(=O)N([C@@H](CO)Cc3ccccc3)C(C(=O)N(CC=C)c3ccccc3Cl)C23CC[C@@]1(C)O3. The molecule has 2 amide bonds. The zero-order valence-corrected chi connectivity index (χ0v) is 25.2. The average Bonchev–Trinajstić information content (AvgIpc) is 3.58. The highest BCUT2D eigenvalue weighted by Crippen LogP contribution is 2.64. The van der Waals surface area contributed by atoms with Gasteiger partial charge in [-0.25, -0.2) is 0 Å². The number of carbonyl (C=O) groups is 3. The number of benzene rings is 2. The van der Waals surface area contributed by atoms with Crippen molar-refractivity contribution in [3.8, 4) is 0 Å². The maximum Gasteiger partial charge on any atom is 0.312 e. The first kappa shape index (κ1) is 31.0. The van der Waals surface area contributed by atoms with E-state index >= 15 is 0 Å². The molecular formula is C34H39ClN2O6. The van der Waals surface area contributed by atoms with Crippen LogP contribution < -0.4 is 4.90 Å². The van der Waals surface area contributed by atoms with Gasteiger partial charge in [0.25, 0.3) is 5.91 Å². The zero-order chi connectivity index (χ0) is 30.8. The van der Waals surface area contributed by atoms with Crippen molar-refractivity contribution in [2.45, 2.75) is 62.3 Å². The summed E-state index contributed by atoms with van der Waals surface area (Å²) in [5.74, 6) is -3.12. The van der Waals surface area contributed by atoms with E-state index in [0.29, 0.717) is 42.8 Å². The van der Waals surface area contributed by atoms with E-state index in [2.05, 4.69) is 13.2 Å². The Morgan fingerprint density at radius 2 is 1.88 bits per heavy atom. The van der Waals surface area contributed by atoms with Crippen LogP contribution in [-0.2, 0) is 30.3 Å². The Morgan fingerprint density at radius 3 is 2.56 bits per heavy atom. The molecule has 0 aliphatic carbocycles. The van der Waals surface area contributed by atoms with Gasteiger partial charge in [0.15, 0.2) is 0 Å². The van der Waals surface area contributed by atoms with Gasteiger partial charge < -0.3 is 24.4 Å². The number of carbonyl (C=O) groups excluding carboxylic acids is 3. The minimum atomic E-state index is -1.28. The molecule has 3 saturated heterocycles. The van der Waals surface area contributed by atoms with E-state index in [1.807, 2.05) is 37.3 Å². The van der Waals surface area contributed by atoms with Crippen LogP contribution in [0.2, 0.25) is 5.02 Å². The largest absolute Gasteiger partial charge is 0.465 e. The van der Waals surface area contributed by atoms with Crippen molar-refractivity contribution >= 4 is 35.1 Å². The summed E-state index contributed by atoms with van der Waals surface area (Å²) in [5.41, 5.74) is -0.873. The fourth-order valence-electron chi connectivity index (χ4n) is 7.28. The van der Waals surface area contributed by atoms with E-state index < -0.39 is 47.0 Å². The number of esters is 1. The van der Waals surface area contributed by atoms with Crippen LogP contribution >= 0.6 is 11.6 Å². The molecule has 3 fully saturated rings. The lowest BCUT2D eigenvalue weighted by Crippen LogP contribution is -2.59. The van der Waals surface area contributed by atoms with Crippen molar-refractivity contribution in [1.82, 2.24) is 4.90 Å². The van der Waals surface area contributed by atoms with E-state index in [0.717, 1.165) is 5.56 Å². The van der Waals surface area contributed by atoms with Crippen molar-refractivity contribution in [3.63, 3.8) is 0 Å². The molecule has 3 aliphatic heterocycles. The number of fused-ring (bicyclic) bond motifs is 1. The van der Waals surface area contributed by atoms with Crippen LogP contribution in [0.15, 0.2) is 79.9 Å². The first-order valence-corrected chi connectivity index (χ1v) is 15.2. The third kappa shape index (κ3) is 5.41. The second-order valence-corrected chi connectivity index (χ2v) is 12.2. The molecule has 2 unspecified atom stereocenters. The van der Waals surface area contributed by atoms with Crippen LogP contribution in [0.5, 0.6) is 0 Å². The number of allylic oxidation sites excluding steroid dienone is 1. The number of aliphatic hydroxyl groups excluding tert-OH is 1. The lowest BCUT2D eigenvalue weighted by Gasteiger charge is -2.39. The average molecular weight is 607 g/mol. The van der Waals surface area contributed by atoms with Gasteiger partial charge in [0, 0.05) is 6.54 Å². The van der Waals surface area contributed by atoms with Gasteiger partial charge in [-0.2, -0.15) is 0 Å². The number of hydrogen-bond donors (Lipinski definition) is 1. The Hall–Kier alpha value is -3.46. The molecule has 3 aliphatic rings. The predicted molar refractivity (Wildman–Crippen MR) is 164 cm³/mol. The van der Waals surface area contributed by atoms with Gasteiger partial charge in [-0.15, -0.1) is 13.2 Å². The maximum absolute atomic E-state index is 14.8. The fraction of sp³-hybridized carbons (Fsp3) is 0.441. The first-order chi connectivity index (χ1) is 20.7. The monoisotopic (exact) mass is 606 g/mol. The summed E-state index contributed by atoms with van der Waals surface area (Å²) >= 11 is 6.57. The number of halogens is 1. The standard InChI is InChI=1S/C34H39ClN2O6/c1-4-6-12-20-42-32(41)28-27-30(39)37(24(22-38)21-23-13-8-7-9-14-23)29(34(27)18-17-33(28,3)43-34)31(40)36(19-5-2)26-16-11-10-15-25(26)35/h4-5,7-11,13-16,24,27-29,38H,1-2,6,12,17-22H2,3H3/t24-,27+,28+,29?,33-,34?/m1/s1. The normalized spacial score (nSPS) is 27.9.